The highest BCUT2D eigenvalue weighted by Crippen LogP contribution is 2.36. The van der Waals surface area contributed by atoms with Gasteiger partial charge in [0.15, 0.2) is 0 Å². The van der Waals surface area contributed by atoms with Crippen LogP contribution in [-0.4, -0.2) is 25.7 Å². The molecule has 1 fully saturated rings. The Hall–Kier alpha value is -1.32. The van der Waals surface area contributed by atoms with Crippen molar-refractivity contribution in [1.29, 1.82) is 0 Å². The predicted molar refractivity (Wildman–Crippen MR) is 44.8 cm³/mol. The van der Waals surface area contributed by atoms with Gasteiger partial charge in [0.2, 0.25) is 0 Å². The topological polar surface area (TPSA) is 52.6 Å². The number of cyclic esters (lactones) is 1. The first-order chi connectivity index (χ1) is 6.02. The summed E-state index contributed by atoms with van der Waals surface area (Å²) in [6.45, 7) is 5.53. The second-order valence-corrected chi connectivity index (χ2v) is 3.19. The SMILES string of the molecule is C=C(C(=O)OC)C1(C)CCOC1=O. The van der Waals surface area contributed by atoms with Gasteiger partial charge in [0, 0.05) is 12.0 Å². The van der Waals surface area contributed by atoms with Crippen molar-refractivity contribution >= 4 is 11.9 Å². The minimum absolute atomic E-state index is 0.164. The zero-order valence-electron chi connectivity index (χ0n) is 7.75. The molecule has 0 aromatic heterocycles. The summed E-state index contributed by atoms with van der Waals surface area (Å²) in [6, 6.07) is 0. The lowest BCUT2D eigenvalue weighted by molar-refractivity contribution is -0.147. The van der Waals surface area contributed by atoms with Crippen molar-refractivity contribution in [2.45, 2.75) is 13.3 Å². The smallest absolute Gasteiger partial charge is 0.334 e. The Labute approximate surface area is 76.5 Å². The van der Waals surface area contributed by atoms with Crippen molar-refractivity contribution in [2.24, 2.45) is 5.41 Å². The van der Waals surface area contributed by atoms with Crippen molar-refractivity contribution in [3.05, 3.63) is 12.2 Å². The fraction of sp³-hybridized carbons (Fsp3) is 0.556. The number of rotatable bonds is 2. The van der Waals surface area contributed by atoms with E-state index in [1.807, 2.05) is 0 Å². The lowest BCUT2D eigenvalue weighted by Crippen LogP contribution is -2.29. The highest BCUT2D eigenvalue weighted by molar-refractivity contribution is 5.97. The van der Waals surface area contributed by atoms with Crippen LogP contribution in [0.5, 0.6) is 0 Å². The van der Waals surface area contributed by atoms with Crippen LogP contribution in [0.1, 0.15) is 13.3 Å². The highest BCUT2D eigenvalue weighted by atomic mass is 16.5. The molecule has 1 atom stereocenters. The maximum absolute atomic E-state index is 11.3. The van der Waals surface area contributed by atoms with E-state index in [0.717, 1.165) is 0 Å². The number of methoxy groups -OCH3 is 1. The summed E-state index contributed by atoms with van der Waals surface area (Å²) in [7, 11) is 1.26. The second-order valence-electron chi connectivity index (χ2n) is 3.19. The van der Waals surface area contributed by atoms with Crippen molar-refractivity contribution in [1.82, 2.24) is 0 Å². The van der Waals surface area contributed by atoms with Gasteiger partial charge >= 0.3 is 11.9 Å². The second kappa shape index (κ2) is 3.20. The molecule has 1 saturated heterocycles. The van der Waals surface area contributed by atoms with Gasteiger partial charge in [-0.1, -0.05) is 6.58 Å². The molecule has 0 aromatic carbocycles. The van der Waals surface area contributed by atoms with Gasteiger partial charge in [0.05, 0.1) is 19.1 Å². The summed E-state index contributed by atoms with van der Waals surface area (Å²) in [4.78, 5) is 22.4. The molecule has 72 valence electrons. The molecule has 0 radical (unpaired) electrons. The maximum Gasteiger partial charge on any atom is 0.334 e. The fourth-order valence-corrected chi connectivity index (χ4v) is 1.23. The van der Waals surface area contributed by atoms with Crippen LogP contribution in [-0.2, 0) is 19.1 Å². The van der Waals surface area contributed by atoms with Crippen LogP contribution in [0, 0.1) is 5.41 Å². The summed E-state index contributed by atoms with van der Waals surface area (Å²) in [5.41, 5.74) is -0.731. The van der Waals surface area contributed by atoms with Gasteiger partial charge < -0.3 is 9.47 Å². The molecule has 0 saturated carbocycles. The predicted octanol–water partition coefficient (Wildman–Crippen LogP) is 0.669. The van der Waals surface area contributed by atoms with E-state index in [4.69, 9.17) is 4.74 Å². The van der Waals surface area contributed by atoms with E-state index in [1.165, 1.54) is 7.11 Å². The third kappa shape index (κ3) is 1.43. The number of carbonyl (C=O) groups excluding carboxylic acids is 2. The van der Waals surface area contributed by atoms with Gasteiger partial charge in [-0.3, -0.25) is 4.79 Å². The molecular formula is C9H12O4. The van der Waals surface area contributed by atoms with E-state index in [1.54, 1.807) is 6.92 Å². The Morgan fingerprint density at radius 2 is 2.31 bits per heavy atom. The summed E-state index contributed by atoms with van der Waals surface area (Å²) < 4.78 is 9.27. The van der Waals surface area contributed by atoms with Gasteiger partial charge in [-0.25, -0.2) is 4.79 Å². The lowest BCUT2D eigenvalue weighted by atomic mass is 9.81. The fourth-order valence-electron chi connectivity index (χ4n) is 1.23. The number of hydrogen-bond acceptors (Lipinski definition) is 4. The van der Waals surface area contributed by atoms with Gasteiger partial charge in [0.25, 0.3) is 0 Å². The molecule has 1 heterocycles. The first-order valence-corrected chi connectivity index (χ1v) is 3.97. The largest absolute Gasteiger partial charge is 0.466 e. The van der Waals surface area contributed by atoms with E-state index in [2.05, 4.69) is 11.3 Å². The van der Waals surface area contributed by atoms with E-state index in [9.17, 15) is 9.59 Å². The van der Waals surface area contributed by atoms with E-state index < -0.39 is 17.4 Å². The molecule has 4 heteroatoms. The van der Waals surface area contributed by atoms with Crippen LogP contribution in [0.4, 0.5) is 0 Å². The van der Waals surface area contributed by atoms with Gasteiger partial charge in [0.1, 0.15) is 0 Å². The average molecular weight is 184 g/mol. The minimum Gasteiger partial charge on any atom is -0.466 e. The molecule has 0 bridgehead atoms. The monoisotopic (exact) mass is 184 g/mol. The van der Waals surface area contributed by atoms with Crippen molar-refractivity contribution < 1.29 is 19.1 Å². The van der Waals surface area contributed by atoms with E-state index in [0.29, 0.717) is 13.0 Å². The Morgan fingerprint density at radius 1 is 1.69 bits per heavy atom. The zero-order chi connectivity index (χ0) is 10.1. The molecular weight excluding hydrogens is 172 g/mol. The van der Waals surface area contributed by atoms with Crippen molar-refractivity contribution in [2.75, 3.05) is 13.7 Å². The maximum atomic E-state index is 11.3. The molecule has 0 aliphatic carbocycles. The van der Waals surface area contributed by atoms with Crippen LogP contribution in [0.25, 0.3) is 0 Å². The first-order valence-electron chi connectivity index (χ1n) is 3.97. The molecule has 0 amide bonds. The molecule has 0 spiro atoms. The van der Waals surface area contributed by atoms with Crippen molar-refractivity contribution in [3.63, 3.8) is 0 Å². The summed E-state index contributed by atoms with van der Waals surface area (Å²) in [6.07, 6.45) is 0.486. The van der Waals surface area contributed by atoms with Crippen LogP contribution in [0.3, 0.4) is 0 Å². The third-order valence-corrected chi connectivity index (χ3v) is 2.38. The molecule has 1 aliphatic heterocycles. The zero-order valence-corrected chi connectivity index (χ0v) is 7.75. The molecule has 1 rings (SSSR count). The van der Waals surface area contributed by atoms with Gasteiger partial charge in [-0.2, -0.15) is 0 Å². The van der Waals surface area contributed by atoms with Gasteiger partial charge in [-0.15, -0.1) is 0 Å². The quantitative estimate of drug-likeness (QED) is 0.467. The minimum atomic E-state index is -0.896. The lowest BCUT2D eigenvalue weighted by Gasteiger charge is -2.19. The Morgan fingerprint density at radius 3 is 2.69 bits per heavy atom. The van der Waals surface area contributed by atoms with Crippen molar-refractivity contribution in [3.8, 4) is 0 Å². The molecule has 1 aliphatic rings. The number of carbonyl (C=O) groups is 2. The summed E-state index contributed by atoms with van der Waals surface area (Å²) in [5, 5.41) is 0. The van der Waals surface area contributed by atoms with Gasteiger partial charge in [-0.05, 0) is 6.92 Å². The van der Waals surface area contributed by atoms with Crippen LogP contribution >= 0.6 is 0 Å². The number of ether oxygens (including phenoxy) is 2. The van der Waals surface area contributed by atoms with Crippen LogP contribution < -0.4 is 0 Å². The summed E-state index contributed by atoms with van der Waals surface area (Å²) in [5.74, 6) is -0.954. The molecule has 13 heavy (non-hydrogen) atoms. The third-order valence-electron chi connectivity index (χ3n) is 2.38. The Balaban J connectivity index is 2.86. The Bertz CT molecular complexity index is 269. The van der Waals surface area contributed by atoms with E-state index in [-0.39, 0.29) is 5.57 Å². The highest BCUT2D eigenvalue weighted by Gasteiger charge is 2.45. The summed E-state index contributed by atoms with van der Waals surface area (Å²) >= 11 is 0. The van der Waals surface area contributed by atoms with Crippen LogP contribution in [0.15, 0.2) is 12.2 Å². The molecule has 0 aromatic rings. The molecule has 4 nitrogen and oxygen atoms in total. The Kier molecular flexibility index (Phi) is 2.40. The number of hydrogen-bond donors (Lipinski definition) is 0. The first kappa shape index (κ1) is 9.77. The number of esters is 2. The molecule has 0 N–H and O–H groups in total. The standard InChI is InChI=1S/C9H12O4/c1-6(7(10)12-3)9(2)4-5-13-8(9)11/h1,4-5H2,2-3H3. The molecule has 1 unspecified atom stereocenters. The van der Waals surface area contributed by atoms with Crippen LogP contribution in [0.2, 0.25) is 0 Å². The normalized spacial score (nSPS) is 26.8. The van der Waals surface area contributed by atoms with E-state index >= 15 is 0 Å². The average Bonchev–Trinajstić information content (AvgIpc) is 2.46.